The summed E-state index contributed by atoms with van der Waals surface area (Å²) in [5.74, 6) is 1.12. The Kier molecular flexibility index (Phi) is 2.66. The van der Waals surface area contributed by atoms with E-state index in [0.29, 0.717) is 6.54 Å². The molecule has 0 saturated heterocycles. The number of nitrogens with two attached hydrogens (primary N) is 1. The van der Waals surface area contributed by atoms with E-state index in [0.717, 1.165) is 12.3 Å². The van der Waals surface area contributed by atoms with E-state index in [4.69, 9.17) is 5.73 Å². The average molecular weight is 192 g/mol. The van der Waals surface area contributed by atoms with Crippen LogP contribution in [0.5, 0.6) is 0 Å². The van der Waals surface area contributed by atoms with Crippen LogP contribution in [0, 0.1) is 0 Å². The third-order valence-electron chi connectivity index (χ3n) is 2.02. The molecule has 0 bridgehead atoms. The topological polar surface area (TPSA) is 38.4 Å². The van der Waals surface area contributed by atoms with Crippen LogP contribution in [0.2, 0.25) is 0 Å². The molecule has 0 saturated carbocycles. The highest BCUT2D eigenvalue weighted by molar-refractivity contribution is 8.14. The molecule has 0 aromatic heterocycles. The summed E-state index contributed by atoms with van der Waals surface area (Å²) in [5.41, 5.74) is 7.91. The van der Waals surface area contributed by atoms with Gasteiger partial charge in [-0.1, -0.05) is 24.3 Å². The summed E-state index contributed by atoms with van der Waals surface area (Å²) in [5, 5.41) is 1.17. The van der Waals surface area contributed by atoms with Gasteiger partial charge in [0.05, 0.1) is 5.04 Å². The van der Waals surface area contributed by atoms with Crippen LogP contribution >= 0.6 is 11.8 Å². The first kappa shape index (κ1) is 8.78. The van der Waals surface area contributed by atoms with Gasteiger partial charge in [-0.3, -0.25) is 4.99 Å². The molecule has 0 unspecified atom stereocenters. The largest absolute Gasteiger partial charge is 0.326 e. The van der Waals surface area contributed by atoms with Crippen molar-refractivity contribution in [2.75, 3.05) is 12.3 Å². The summed E-state index contributed by atoms with van der Waals surface area (Å²) in [7, 11) is 0. The second-order valence-corrected chi connectivity index (χ2v) is 4.02. The second kappa shape index (κ2) is 3.94. The summed E-state index contributed by atoms with van der Waals surface area (Å²) in [6, 6.07) is 8.33. The van der Waals surface area contributed by atoms with E-state index in [1.165, 1.54) is 16.2 Å². The van der Waals surface area contributed by atoms with Crippen LogP contribution in [0.4, 0.5) is 0 Å². The predicted octanol–water partition coefficient (Wildman–Crippen LogP) is 1.64. The van der Waals surface area contributed by atoms with Gasteiger partial charge >= 0.3 is 0 Å². The Bertz CT molecular complexity index is 316. The monoisotopic (exact) mass is 192 g/mol. The molecule has 0 aliphatic carbocycles. The number of benzene rings is 1. The van der Waals surface area contributed by atoms with Gasteiger partial charge in [-0.2, -0.15) is 0 Å². The minimum absolute atomic E-state index is 0.611. The lowest BCUT2D eigenvalue weighted by molar-refractivity contribution is 1.07. The first-order valence-electron chi connectivity index (χ1n) is 4.37. The Morgan fingerprint density at radius 2 is 2.08 bits per heavy atom. The molecule has 1 aliphatic rings. The number of aliphatic imine (C=N–C) groups is 1. The van der Waals surface area contributed by atoms with Gasteiger partial charge in [0.15, 0.2) is 0 Å². The lowest BCUT2D eigenvalue weighted by Gasteiger charge is -2.00. The van der Waals surface area contributed by atoms with Crippen LogP contribution in [0.15, 0.2) is 29.3 Å². The molecule has 13 heavy (non-hydrogen) atoms. The molecule has 0 amide bonds. The third kappa shape index (κ3) is 1.92. The van der Waals surface area contributed by atoms with Gasteiger partial charge in [-0.05, 0) is 5.56 Å². The minimum Gasteiger partial charge on any atom is -0.326 e. The highest BCUT2D eigenvalue weighted by atomic mass is 32.2. The lowest BCUT2D eigenvalue weighted by atomic mass is 10.1. The van der Waals surface area contributed by atoms with Crippen molar-refractivity contribution in [2.24, 2.45) is 10.7 Å². The molecule has 1 aromatic carbocycles. The van der Waals surface area contributed by atoms with E-state index in [2.05, 4.69) is 29.3 Å². The van der Waals surface area contributed by atoms with E-state index in [-0.39, 0.29) is 0 Å². The second-order valence-electron chi connectivity index (χ2n) is 2.94. The molecule has 1 aromatic rings. The number of rotatable bonds is 2. The van der Waals surface area contributed by atoms with E-state index >= 15 is 0 Å². The van der Waals surface area contributed by atoms with Crippen molar-refractivity contribution in [1.29, 1.82) is 0 Å². The Balaban J connectivity index is 2.22. The zero-order valence-electron chi connectivity index (χ0n) is 7.36. The minimum atomic E-state index is 0.611. The van der Waals surface area contributed by atoms with E-state index in [1.807, 2.05) is 11.8 Å². The van der Waals surface area contributed by atoms with Crippen molar-refractivity contribution < 1.29 is 0 Å². The molecule has 1 aliphatic heterocycles. The Morgan fingerprint density at radius 3 is 2.62 bits per heavy atom. The fourth-order valence-corrected chi connectivity index (χ4v) is 2.15. The van der Waals surface area contributed by atoms with E-state index in [9.17, 15) is 0 Å². The van der Waals surface area contributed by atoms with Gasteiger partial charge in [0.25, 0.3) is 0 Å². The summed E-state index contributed by atoms with van der Waals surface area (Å²) in [6.45, 7) is 1.57. The normalized spacial score (nSPS) is 15.9. The van der Waals surface area contributed by atoms with E-state index in [1.54, 1.807) is 0 Å². The molecular weight excluding hydrogens is 180 g/mol. The zero-order chi connectivity index (χ0) is 9.10. The van der Waals surface area contributed by atoms with Gasteiger partial charge in [0.1, 0.15) is 0 Å². The molecule has 0 fully saturated rings. The Hall–Kier alpha value is -0.800. The highest BCUT2D eigenvalue weighted by Gasteiger charge is 2.08. The fraction of sp³-hybridized carbons (Fsp3) is 0.300. The molecule has 0 spiro atoms. The number of thioether (sulfide) groups is 1. The maximum atomic E-state index is 5.52. The van der Waals surface area contributed by atoms with Crippen molar-refractivity contribution in [3.63, 3.8) is 0 Å². The van der Waals surface area contributed by atoms with Gasteiger partial charge in [-0.15, -0.1) is 11.8 Å². The molecule has 2 rings (SSSR count). The van der Waals surface area contributed by atoms with Crippen molar-refractivity contribution in [1.82, 2.24) is 0 Å². The lowest BCUT2D eigenvalue weighted by Crippen LogP contribution is -1.97. The summed E-state index contributed by atoms with van der Waals surface area (Å²) < 4.78 is 0. The molecule has 68 valence electrons. The molecule has 0 radical (unpaired) electrons. The average Bonchev–Trinajstić information content (AvgIpc) is 2.71. The van der Waals surface area contributed by atoms with Crippen LogP contribution in [0.25, 0.3) is 0 Å². The standard InChI is InChI=1S/C10H12N2S/c11-7-8-1-3-9(4-2-8)10-12-5-6-13-10/h1-4H,5-7,11H2. The number of nitrogens with zero attached hydrogens (tertiary/aromatic N) is 1. The summed E-state index contributed by atoms with van der Waals surface area (Å²) in [6.07, 6.45) is 0. The van der Waals surface area contributed by atoms with Gasteiger partial charge in [0, 0.05) is 24.4 Å². The van der Waals surface area contributed by atoms with Gasteiger partial charge < -0.3 is 5.73 Å². The van der Waals surface area contributed by atoms with Gasteiger partial charge in [0.2, 0.25) is 0 Å². The first-order valence-corrected chi connectivity index (χ1v) is 5.35. The Labute approximate surface area is 82.2 Å². The summed E-state index contributed by atoms with van der Waals surface area (Å²) >= 11 is 1.83. The van der Waals surface area contributed by atoms with Crippen LogP contribution in [-0.4, -0.2) is 17.3 Å². The smallest absolute Gasteiger partial charge is 0.0977 e. The number of hydrogen-bond acceptors (Lipinski definition) is 3. The maximum Gasteiger partial charge on any atom is 0.0977 e. The highest BCUT2D eigenvalue weighted by Crippen LogP contribution is 2.19. The fourth-order valence-electron chi connectivity index (χ4n) is 1.29. The predicted molar refractivity (Wildman–Crippen MR) is 58.2 cm³/mol. The molecule has 2 nitrogen and oxygen atoms in total. The van der Waals surface area contributed by atoms with Crippen molar-refractivity contribution in [2.45, 2.75) is 6.54 Å². The van der Waals surface area contributed by atoms with Crippen LogP contribution in [-0.2, 0) is 6.54 Å². The van der Waals surface area contributed by atoms with Crippen LogP contribution in [0.3, 0.4) is 0 Å². The van der Waals surface area contributed by atoms with Crippen LogP contribution < -0.4 is 5.73 Å². The maximum absolute atomic E-state index is 5.52. The quantitative estimate of drug-likeness (QED) is 0.773. The van der Waals surface area contributed by atoms with Crippen molar-refractivity contribution >= 4 is 16.8 Å². The molecule has 1 heterocycles. The molecule has 3 heteroatoms. The molecular formula is C10H12N2S. The third-order valence-corrected chi connectivity index (χ3v) is 3.05. The summed E-state index contributed by atoms with van der Waals surface area (Å²) in [4.78, 5) is 4.41. The molecule has 0 atom stereocenters. The van der Waals surface area contributed by atoms with Gasteiger partial charge in [-0.25, -0.2) is 0 Å². The Morgan fingerprint density at radius 1 is 1.31 bits per heavy atom. The molecule has 2 N–H and O–H groups in total. The van der Waals surface area contributed by atoms with Crippen molar-refractivity contribution in [3.05, 3.63) is 35.4 Å². The first-order chi connectivity index (χ1) is 6.40. The van der Waals surface area contributed by atoms with Crippen molar-refractivity contribution in [3.8, 4) is 0 Å². The van der Waals surface area contributed by atoms with E-state index < -0.39 is 0 Å². The van der Waals surface area contributed by atoms with Crippen LogP contribution in [0.1, 0.15) is 11.1 Å². The number of hydrogen-bond donors (Lipinski definition) is 1. The SMILES string of the molecule is NCc1ccc(C2=NCCS2)cc1. The zero-order valence-corrected chi connectivity index (χ0v) is 8.18.